The lowest BCUT2D eigenvalue weighted by Crippen LogP contribution is -2.12. The summed E-state index contributed by atoms with van der Waals surface area (Å²) in [6.07, 6.45) is 7.59. The molecular formula is C64H85N3O5. The number of Topliss-reactive ketones (excluding diaryl/α,β-unsaturated/α-hetero) is 1. The zero-order chi connectivity index (χ0) is 52.5. The number of carboxylic acids is 1. The van der Waals surface area contributed by atoms with Gasteiger partial charge in [-0.05, 0) is 77.4 Å². The minimum absolute atomic E-state index is 0. The molecule has 1 aliphatic heterocycles. The highest BCUT2D eigenvalue weighted by Gasteiger charge is 2.26. The maximum absolute atomic E-state index is 11.6. The van der Waals surface area contributed by atoms with Gasteiger partial charge in [-0.1, -0.05) is 237 Å². The molecule has 1 aliphatic rings. The summed E-state index contributed by atoms with van der Waals surface area (Å²) in [5, 5.41) is 13.9. The van der Waals surface area contributed by atoms with Gasteiger partial charge in [0.25, 0.3) is 11.7 Å². The minimum Gasteiger partial charge on any atom is -0.478 e. The molecule has 0 aliphatic carbocycles. The number of carbonyl (C=O) groups is 4. The van der Waals surface area contributed by atoms with Crippen molar-refractivity contribution in [3.63, 3.8) is 0 Å². The van der Waals surface area contributed by atoms with Crippen molar-refractivity contribution in [1.82, 2.24) is 9.97 Å². The van der Waals surface area contributed by atoms with Crippen LogP contribution in [0.4, 0.5) is 5.69 Å². The van der Waals surface area contributed by atoms with E-state index in [0.29, 0.717) is 40.6 Å². The van der Waals surface area contributed by atoms with E-state index >= 15 is 0 Å². The summed E-state index contributed by atoms with van der Waals surface area (Å²) in [5.41, 5.74) is 8.83. The first-order chi connectivity index (χ1) is 34.4. The molecule has 2 N–H and O–H groups in total. The van der Waals surface area contributed by atoms with Crippen LogP contribution in [-0.4, -0.2) is 39.0 Å². The van der Waals surface area contributed by atoms with Crippen molar-refractivity contribution >= 4 is 51.4 Å². The predicted octanol–water partition coefficient (Wildman–Crippen LogP) is 17.4. The third kappa shape index (κ3) is 23.8. The summed E-state index contributed by atoms with van der Waals surface area (Å²) in [6.45, 7) is 24.0. The maximum Gasteiger partial charge on any atom is 0.336 e. The Labute approximate surface area is 434 Å². The van der Waals surface area contributed by atoms with Crippen LogP contribution in [0.5, 0.6) is 0 Å². The van der Waals surface area contributed by atoms with Gasteiger partial charge >= 0.3 is 5.97 Å². The Bertz CT molecular complexity index is 2630. The van der Waals surface area contributed by atoms with Crippen LogP contribution < -0.4 is 5.32 Å². The SMILES string of the molecule is C.C.CC.CC.CC.CC.CC.CC.O=C(O)c1c(Cc2ccccc2)cnc2ccccc12.O=C1Nc2ccccc2C1=O.O=CCCc1ccccc1.c1ccc(Cc2cnc3ccccc3c2)cc1. The molecule has 0 saturated heterocycles. The summed E-state index contributed by atoms with van der Waals surface area (Å²) >= 11 is 0. The number of para-hydroxylation sites is 3. The first-order valence-electron chi connectivity index (χ1n) is 24.8. The number of fused-ring (bicyclic) bond motifs is 3. The zero-order valence-corrected chi connectivity index (χ0v) is 43.7. The molecule has 3 heterocycles. The van der Waals surface area contributed by atoms with E-state index in [2.05, 4.69) is 57.7 Å². The third-order valence-electron chi connectivity index (χ3n) is 9.22. The molecule has 6 aromatic carbocycles. The van der Waals surface area contributed by atoms with E-state index in [4.69, 9.17) is 0 Å². The van der Waals surface area contributed by atoms with Crippen LogP contribution in [0.1, 0.15) is 153 Å². The van der Waals surface area contributed by atoms with Crippen molar-refractivity contribution < 1.29 is 24.3 Å². The number of anilines is 1. The fourth-order valence-electron chi connectivity index (χ4n) is 6.39. The lowest BCUT2D eigenvalue weighted by molar-refractivity contribution is -0.112. The maximum atomic E-state index is 11.6. The lowest BCUT2D eigenvalue weighted by atomic mass is 9.98. The van der Waals surface area contributed by atoms with Crippen LogP contribution in [0.25, 0.3) is 21.8 Å². The molecule has 72 heavy (non-hydrogen) atoms. The molecule has 8 nitrogen and oxygen atoms in total. The molecule has 9 rings (SSSR count). The zero-order valence-electron chi connectivity index (χ0n) is 43.7. The number of ketones is 1. The van der Waals surface area contributed by atoms with Crippen LogP contribution in [-0.2, 0) is 28.9 Å². The number of aldehydes is 1. The monoisotopic (exact) mass is 976 g/mol. The Morgan fingerprint density at radius 2 is 0.958 bits per heavy atom. The van der Waals surface area contributed by atoms with E-state index in [0.717, 1.165) is 35.8 Å². The summed E-state index contributed by atoms with van der Waals surface area (Å²) in [5.74, 6) is -1.89. The average Bonchev–Trinajstić information content (AvgIpc) is 3.74. The van der Waals surface area contributed by atoms with Crippen LogP contribution in [0.3, 0.4) is 0 Å². The molecule has 8 aromatic rings. The average molecular weight is 976 g/mol. The minimum atomic E-state index is -0.908. The summed E-state index contributed by atoms with van der Waals surface area (Å²) in [4.78, 5) is 52.2. The quantitative estimate of drug-likeness (QED) is 0.115. The van der Waals surface area contributed by atoms with Crippen LogP contribution in [0.15, 0.2) is 182 Å². The lowest BCUT2D eigenvalue weighted by Gasteiger charge is -2.09. The molecule has 2 aromatic heterocycles. The molecule has 0 radical (unpaired) electrons. The normalized spacial score (nSPS) is 9.44. The fraction of sp³-hybridized carbons (Fsp3) is 0.281. The van der Waals surface area contributed by atoms with E-state index in [9.17, 15) is 24.3 Å². The molecule has 0 spiro atoms. The van der Waals surface area contributed by atoms with Gasteiger partial charge in [-0.25, -0.2) is 4.79 Å². The van der Waals surface area contributed by atoms with Gasteiger partial charge in [0.1, 0.15) is 6.29 Å². The van der Waals surface area contributed by atoms with Crippen LogP contribution in [0.2, 0.25) is 0 Å². The number of rotatable bonds is 8. The number of carbonyl (C=O) groups excluding carboxylic acids is 3. The van der Waals surface area contributed by atoms with E-state index in [1.54, 1.807) is 36.5 Å². The number of aryl methyl sites for hydroxylation is 1. The van der Waals surface area contributed by atoms with E-state index in [1.165, 1.54) is 22.1 Å². The van der Waals surface area contributed by atoms with Gasteiger partial charge in [0.05, 0.1) is 27.8 Å². The Morgan fingerprint density at radius 1 is 0.514 bits per heavy atom. The van der Waals surface area contributed by atoms with Crippen molar-refractivity contribution in [1.29, 1.82) is 0 Å². The van der Waals surface area contributed by atoms with E-state index in [-0.39, 0.29) is 14.9 Å². The second-order valence-electron chi connectivity index (χ2n) is 13.4. The van der Waals surface area contributed by atoms with Gasteiger partial charge in [-0.15, -0.1) is 0 Å². The van der Waals surface area contributed by atoms with Crippen molar-refractivity contribution in [3.05, 3.63) is 221 Å². The second-order valence-corrected chi connectivity index (χ2v) is 13.4. The highest BCUT2D eigenvalue weighted by atomic mass is 16.4. The Hall–Kier alpha value is -7.58. The van der Waals surface area contributed by atoms with Crippen molar-refractivity contribution in [2.24, 2.45) is 0 Å². The Balaban J connectivity index is -0.000000836. The largest absolute Gasteiger partial charge is 0.478 e. The summed E-state index contributed by atoms with van der Waals surface area (Å²) in [7, 11) is 0. The number of nitrogens with one attached hydrogen (secondary N) is 1. The molecule has 0 atom stereocenters. The number of carboxylic acid groups (broad SMARTS) is 1. The number of aromatic carboxylic acids is 1. The number of pyridine rings is 2. The van der Waals surface area contributed by atoms with Gasteiger partial charge in [0.15, 0.2) is 0 Å². The van der Waals surface area contributed by atoms with Gasteiger partial charge in [0, 0.05) is 29.6 Å². The second kappa shape index (κ2) is 43.4. The van der Waals surface area contributed by atoms with Crippen LogP contribution >= 0.6 is 0 Å². The number of hydrogen-bond donors (Lipinski definition) is 2. The van der Waals surface area contributed by atoms with Crippen molar-refractivity contribution in [2.75, 3.05) is 5.32 Å². The smallest absolute Gasteiger partial charge is 0.336 e. The summed E-state index contributed by atoms with van der Waals surface area (Å²) < 4.78 is 0. The highest BCUT2D eigenvalue weighted by Crippen LogP contribution is 2.23. The highest BCUT2D eigenvalue weighted by molar-refractivity contribution is 6.51. The predicted molar refractivity (Wildman–Crippen MR) is 311 cm³/mol. The third-order valence-corrected chi connectivity index (χ3v) is 9.22. The van der Waals surface area contributed by atoms with E-state index in [1.807, 2.05) is 186 Å². The van der Waals surface area contributed by atoms with Crippen molar-refractivity contribution in [2.45, 2.75) is 124 Å². The number of benzene rings is 6. The number of hydrogen-bond acceptors (Lipinski definition) is 6. The molecule has 0 saturated carbocycles. The number of amides is 1. The Kier molecular flexibility index (Phi) is 41.4. The molecule has 1 amide bonds. The molecule has 0 unspecified atom stereocenters. The topological polar surface area (TPSA) is 126 Å². The first kappa shape index (κ1) is 68.7. The molecule has 0 bridgehead atoms. The van der Waals surface area contributed by atoms with E-state index < -0.39 is 17.7 Å². The molecule has 8 heteroatoms. The summed E-state index contributed by atoms with van der Waals surface area (Å²) in [6, 6.07) is 54.9. The van der Waals surface area contributed by atoms with Crippen molar-refractivity contribution in [3.8, 4) is 0 Å². The number of nitrogens with zero attached hydrogens (tertiary/aromatic N) is 2. The van der Waals surface area contributed by atoms with Gasteiger partial charge in [-0.2, -0.15) is 0 Å². The van der Waals surface area contributed by atoms with Crippen LogP contribution in [0, 0.1) is 0 Å². The van der Waals surface area contributed by atoms with Gasteiger partial charge < -0.3 is 15.2 Å². The molecule has 386 valence electrons. The standard InChI is InChI=1S/C17H13NO2.C16H13N.C9H10O.C8H5NO2.6C2H6.2CH4/c19-17(20)16-13(10-12-6-2-1-3-7-12)11-18-15-9-5-4-8-14(15)16;1-2-6-13(7-3-1)10-14-11-15-8-4-5-9-16(15)17-12-14;10-8-4-7-9-5-2-1-3-6-9;10-7-5-3-1-2-4-6(5)9-8(7)11;6*1-2;;/h1-9,11H,10H2,(H,19,20);1-9,11-12H,10H2;1-3,5-6,8H,4,7H2;1-4H,(H,9,10,11);6*1-2H3;2*1H4. The Morgan fingerprint density at radius 3 is 1.49 bits per heavy atom. The fourth-order valence-corrected chi connectivity index (χ4v) is 6.39. The molecular weight excluding hydrogens is 891 g/mol. The number of aromatic nitrogens is 2. The molecule has 0 fully saturated rings. The van der Waals surface area contributed by atoms with Gasteiger partial charge in [-0.3, -0.25) is 19.6 Å². The first-order valence-corrected chi connectivity index (χ1v) is 24.8. The van der Waals surface area contributed by atoms with Gasteiger partial charge in [0.2, 0.25) is 0 Å².